The van der Waals surface area contributed by atoms with Crippen LogP contribution in [0.5, 0.6) is 0 Å². The van der Waals surface area contributed by atoms with Gasteiger partial charge in [-0.25, -0.2) is 0 Å². The molecule has 0 aliphatic heterocycles. The first-order valence-electron chi connectivity index (χ1n) is 8.20. The Bertz CT molecular complexity index is 389. The van der Waals surface area contributed by atoms with Crippen molar-refractivity contribution < 1.29 is 29.0 Å². The lowest BCUT2D eigenvalue weighted by Gasteiger charge is -2.20. The molecule has 0 aliphatic carbocycles. The molecule has 0 aromatic rings. The predicted molar refractivity (Wildman–Crippen MR) is 85.7 cm³/mol. The van der Waals surface area contributed by atoms with Crippen molar-refractivity contribution in [2.24, 2.45) is 23.7 Å². The number of rotatable bonds is 11. The predicted octanol–water partition coefficient (Wildman–Crippen LogP) is 2.89. The molecule has 1 N–H and O–H groups in total. The number of esters is 2. The molecule has 0 bridgehead atoms. The molecule has 134 valence electrons. The van der Waals surface area contributed by atoms with E-state index >= 15 is 0 Å². The van der Waals surface area contributed by atoms with E-state index in [9.17, 15) is 14.4 Å². The Morgan fingerprint density at radius 2 is 1.26 bits per heavy atom. The maximum absolute atomic E-state index is 12.1. The number of ether oxygens (including phenoxy) is 2. The smallest absolute Gasteiger partial charge is 0.310 e. The van der Waals surface area contributed by atoms with Crippen LogP contribution in [-0.4, -0.2) is 36.2 Å². The van der Waals surface area contributed by atoms with Crippen molar-refractivity contribution in [3.63, 3.8) is 0 Å². The molecule has 2 unspecified atom stereocenters. The molecule has 0 aliphatic rings. The van der Waals surface area contributed by atoms with Crippen LogP contribution >= 0.6 is 0 Å². The summed E-state index contributed by atoms with van der Waals surface area (Å²) >= 11 is 0. The lowest BCUT2D eigenvalue weighted by atomic mass is 9.91. The molecule has 0 radical (unpaired) electrons. The largest absolute Gasteiger partial charge is 0.481 e. The molecule has 0 heterocycles. The van der Waals surface area contributed by atoms with Crippen LogP contribution in [-0.2, 0) is 23.9 Å². The maximum Gasteiger partial charge on any atom is 0.310 e. The number of hydrogen-bond acceptors (Lipinski definition) is 5. The number of carboxylic acids is 1. The first-order chi connectivity index (χ1) is 10.6. The van der Waals surface area contributed by atoms with Crippen molar-refractivity contribution in [1.82, 2.24) is 0 Å². The monoisotopic (exact) mass is 330 g/mol. The highest BCUT2D eigenvalue weighted by Crippen LogP contribution is 2.20. The molecule has 23 heavy (non-hydrogen) atoms. The fraction of sp³-hybridized carbons (Fsp3) is 0.824. The highest BCUT2D eigenvalue weighted by molar-refractivity contribution is 5.85. The molecule has 0 rings (SSSR count). The van der Waals surface area contributed by atoms with Crippen LogP contribution in [0.25, 0.3) is 0 Å². The minimum absolute atomic E-state index is 0.224. The van der Waals surface area contributed by atoms with Crippen LogP contribution in [0.1, 0.15) is 53.9 Å². The number of carbonyl (C=O) groups excluding carboxylic acids is 2. The summed E-state index contributed by atoms with van der Waals surface area (Å²) in [4.78, 5) is 35.1. The molecule has 6 heteroatoms. The zero-order valence-electron chi connectivity index (χ0n) is 14.8. The Balaban J connectivity index is 4.63. The number of carboxylic acid groups (broad SMARTS) is 1. The van der Waals surface area contributed by atoms with Crippen molar-refractivity contribution in [3.05, 3.63) is 0 Å². The Labute approximate surface area is 138 Å². The molecule has 0 fully saturated rings. The third-order valence-electron chi connectivity index (χ3n) is 3.55. The Hall–Kier alpha value is -1.59. The minimum Gasteiger partial charge on any atom is -0.481 e. The second-order valence-corrected chi connectivity index (χ2v) is 6.69. The summed E-state index contributed by atoms with van der Waals surface area (Å²) in [7, 11) is 0. The fourth-order valence-electron chi connectivity index (χ4n) is 1.85. The van der Waals surface area contributed by atoms with Gasteiger partial charge in [0.25, 0.3) is 0 Å². The summed E-state index contributed by atoms with van der Waals surface area (Å²) in [6.07, 6.45) is 0.973. The van der Waals surface area contributed by atoms with Gasteiger partial charge in [0.15, 0.2) is 0 Å². The molecule has 0 saturated heterocycles. The highest BCUT2D eigenvalue weighted by Gasteiger charge is 2.34. The molecular formula is C17H30O6. The summed E-state index contributed by atoms with van der Waals surface area (Å²) in [5.74, 6) is -3.44. The minimum atomic E-state index is -1.14. The molecule has 6 nitrogen and oxygen atoms in total. The number of aliphatic carboxylic acids is 1. The average Bonchev–Trinajstić information content (AvgIpc) is 2.42. The Kier molecular flexibility index (Phi) is 10.3. The van der Waals surface area contributed by atoms with E-state index in [4.69, 9.17) is 14.6 Å². The normalized spacial score (nSPS) is 13.7. The second kappa shape index (κ2) is 11.0. The third-order valence-corrected chi connectivity index (χ3v) is 3.55. The van der Waals surface area contributed by atoms with E-state index < -0.39 is 36.2 Å². The van der Waals surface area contributed by atoms with Crippen molar-refractivity contribution in [3.8, 4) is 0 Å². The van der Waals surface area contributed by atoms with E-state index in [0.717, 1.165) is 6.42 Å². The van der Waals surface area contributed by atoms with Gasteiger partial charge in [0.2, 0.25) is 0 Å². The van der Waals surface area contributed by atoms with Gasteiger partial charge < -0.3 is 14.6 Å². The van der Waals surface area contributed by atoms with Gasteiger partial charge in [0.1, 0.15) is 0 Å². The summed E-state index contributed by atoms with van der Waals surface area (Å²) in [5.41, 5.74) is 0. The Morgan fingerprint density at radius 3 is 1.65 bits per heavy atom. The zero-order chi connectivity index (χ0) is 18.0. The van der Waals surface area contributed by atoms with Crippen LogP contribution in [0.2, 0.25) is 0 Å². The molecule has 0 aromatic heterocycles. The van der Waals surface area contributed by atoms with Crippen molar-refractivity contribution in [2.75, 3.05) is 13.2 Å². The van der Waals surface area contributed by atoms with Crippen LogP contribution in [0.4, 0.5) is 0 Å². The number of carbonyl (C=O) groups is 3. The van der Waals surface area contributed by atoms with Gasteiger partial charge in [-0.1, -0.05) is 34.6 Å². The summed E-state index contributed by atoms with van der Waals surface area (Å²) < 4.78 is 10.3. The van der Waals surface area contributed by atoms with Gasteiger partial charge in [-0.05, 0) is 24.7 Å². The van der Waals surface area contributed by atoms with Crippen LogP contribution in [0.3, 0.4) is 0 Å². The van der Waals surface area contributed by atoms with E-state index in [1.807, 2.05) is 27.7 Å². The third kappa shape index (κ3) is 9.92. The van der Waals surface area contributed by atoms with Gasteiger partial charge in [0.05, 0.1) is 31.5 Å². The summed E-state index contributed by atoms with van der Waals surface area (Å²) in [5, 5.41) is 8.97. The van der Waals surface area contributed by atoms with Gasteiger partial charge in [-0.3, -0.25) is 14.4 Å². The SMILES string of the molecule is CC(C)CCOC(=O)C(C)C(CC(=O)O)C(=O)OCCC(C)C. The van der Waals surface area contributed by atoms with E-state index in [2.05, 4.69) is 0 Å². The van der Waals surface area contributed by atoms with E-state index in [0.29, 0.717) is 18.3 Å². The second-order valence-electron chi connectivity index (χ2n) is 6.69. The van der Waals surface area contributed by atoms with Gasteiger partial charge in [0, 0.05) is 0 Å². The van der Waals surface area contributed by atoms with Crippen LogP contribution < -0.4 is 0 Å². The van der Waals surface area contributed by atoms with E-state index in [1.165, 1.54) is 6.92 Å². The average molecular weight is 330 g/mol. The van der Waals surface area contributed by atoms with Crippen molar-refractivity contribution in [1.29, 1.82) is 0 Å². The molecular weight excluding hydrogens is 300 g/mol. The molecule has 2 atom stereocenters. The van der Waals surface area contributed by atoms with Crippen molar-refractivity contribution >= 4 is 17.9 Å². The lowest BCUT2D eigenvalue weighted by Crippen LogP contribution is -2.33. The van der Waals surface area contributed by atoms with E-state index in [1.54, 1.807) is 0 Å². The molecule has 0 amide bonds. The summed E-state index contributed by atoms with van der Waals surface area (Å²) in [6.45, 7) is 10.0. The molecule has 0 aromatic carbocycles. The van der Waals surface area contributed by atoms with E-state index in [-0.39, 0.29) is 13.2 Å². The topological polar surface area (TPSA) is 89.9 Å². The number of hydrogen-bond donors (Lipinski definition) is 1. The first kappa shape index (κ1) is 21.4. The zero-order valence-corrected chi connectivity index (χ0v) is 14.8. The van der Waals surface area contributed by atoms with Gasteiger partial charge in [-0.2, -0.15) is 0 Å². The quantitative estimate of drug-likeness (QED) is 0.586. The first-order valence-corrected chi connectivity index (χ1v) is 8.20. The van der Waals surface area contributed by atoms with Crippen LogP contribution in [0, 0.1) is 23.7 Å². The van der Waals surface area contributed by atoms with Crippen LogP contribution in [0.15, 0.2) is 0 Å². The van der Waals surface area contributed by atoms with Gasteiger partial charge in [-0.15, -0.1) is 0 Å². The summed E-state index contributed by atoms with van der Waals surface area (Å²) in [6, 6.07) is 0. The van der Waals surface area contributed by atoms with Crippen molar-refractivity contribution in [2.45, 2.75) is 53.9 Å². The highest BCUT2D eigenvalue weighted by atomic mass is 16.5. The lowest BCUT2D eigenvalue weighted by molar-refractivity contribution is -0.163. The Morgan fingerprint density at radius 1 is 0.826 bits per heavy atom. The standard InChI is InChI=1S/C17H30O6/c1-11(2)6-8-22-16(20)13(5)14(10-15(18)19)17(21)23-9-7-12(3)4/h11-14H,6-10H2,1-5H3,(H,18,19). The van der Waals surface area contributed by atoms with Gasteiger partial charge >= 0.3 is 17.9 Å². The fourth-order valence-corrected chi connectivity index (χ4v) is 1.85. The molecule has 0 spiro atoms. The maximum atomic E-state index is 12.1. The molecule has 0 saturated carbocycles.